The van der Waals surface area contributed by atoms with Crippen LogP contribution < -0.4 is 16.4 Å². The third kappa shape index (κ3) is 10.4. The second kappa shape index (κ2) is 17.3. The second-order valence-corrected chi connectivity index (χ2v) is 12.0. The molecule has 5 rings (SSSR count). The predicted molar refractivity (Wildman–Crippen MR) is 188 cm³/mol. The van der Waals surface area contributed by atoms with Crippen LogP contribution in [0.1, 0.15) is 54.6 Å². The summed E-state index contributed by atoms with van der Waals surface area (Å²) >= 11 is 0. The van der Waals surface area contributed by atoms with E-state index >= 15 is 0 Å². The Hall–Kier alpha value is -5.16. The van der Waals surface area contributed by atoms with Crippen molar-refractivity contribution in [3.05, 3.63) is 126 Å². The third-order valence-electron chi connectivity index (χ3n) is 8.21. The van der Waals surface area contributed by atoms with Gasteiger partial charge >= 0.3 is 0 Å². The van der Waals surface area contributed by atoms with Crippen LogP contribution in [0, 0.1) is 0 Å². The van der Waals surface area contributed by atoms with Crippen LogP contribution in [0.5, 0.6) is 0 Å². The van der Waals surface area contributed by atoms with Gasteiger partial charge in [0.1, 0.15) is 11.9 Å². The fraction of sp³-hybridized carbons (Fsp3) is 0.316. The zero-order valence-electron chi connectivity index (χ0n) is 28.0. The van der Waals surface area contributed by atoms with Gasteiger partial charge in [0, 0.05) is 61.5 Å². The van der Waals surface area contributed by atoms with E-state index in [1.165, 1.54) is 42.1 Å². The molecule has 4 N–H and O–H groups in total. The Labute approximate surface area is 286 Å². The molecule has 3 aromatic rings. The van der Waals surface area contributed by atoms with E-state index < -0.39 is 17.9 Å². The van der Waals surface area contributed by atoms with Crippen molar-refractivity contribution in [2.75, 3.05) is 26.2 Å². The zero-order chi connectivity index (χ0) is 35.4. The van der Waals surface area contributed by atoms with E-state index in [1.807, 2.05) is 60.7 Å². The minimum atomic E-state index is -3.08. The quantitative estimate of drug-likeness (QED) is 0.240. The third-order valence-corrected chi connectivity index (χ3v) is 8.21. The van der Waals surface area contributed by atoms with E-state index in [9.17, 15) is 23.2 Å². The summed E-state index contributed by atoms with van der Waals surface area (Å²) in [7, 11) is 0. The molecule has 9 nitrogen and oxygen atoms in total. The summed E-state index contributed by atoms with van der Waals surface area (Å²) in [5.41, 5.74) is 8.63. The van der Waals surface area contributed by atoms with Crippen LogP contribution in [0.4, 0.5) is 14.5 Å². The van der Waals surface area contributed by atoms with Gasteiger partial charge in [-0.2, -0.15) is 0 Å². The number of carbonyl (C=O) groups excluding carboxylic acids is 3. The van der Waals surface area contributed by atoms with E-state index in [4.69, 9.17) is 5.73 Å². The summed E-state index contributed by atoms with van der Waals surface area (Å²) in [6.07, 6.45) is 3.99. The van der Waals surface area contributed by atoms with Crippen LogP contribution in [-0.4, -0.2) is 65.6 Å². The zero-order valence-corrected chi connectivity index (χ0v) is 28.0. The molecule has 3 aromatic carbocycles. The molecule has 258 valence electrons. The molecular weight excluding hydrogens is 626 g/mol. The Bertz CT molecular complexity index is 1670. The number of likely N-dealkylation sites (tertiary alicyclic amines) is 2. The summed E-state index contributed by atoms with van der Waals surface area (Å²) in [5.74, 6) is -3.63. The first-order chi connectivity index (χ1) is 23.5. The maximum atomic E-state index is 13.6. The highest BCUT2D eigenvalue weighted by Crippen LogP contribution is 2.28. The number of carbonyl (C=O) groups is 3. The molecule has 0 aromatic heterocycles. The number of nitrogens with zero attached hydrogens (tertiary/aromatic N) is 3. The number of amidine groups is 1. The number of halogens is 2. The number of rotatable bonds is 10. The van der Waals surface area contributed by atoms with Crippen molar-refractivity contribution in [3.8, 4) is 0 Å². The summed E-state index contributed by atoms with van der Waals surface area (Å²) in [6, 6.07) is 23.4. The molecule has 2 aliphatic heterocycles. The molecule has 0 bridgehead atoms. The lowest BCUT2D eigenvalue weighted by atomic mass is 9.97. The van der Waals surface area contributed by atoms with Gasteiger partial charge < -0.3 is 16.4 Å². The molecule has 0 radical (unpaired) electrons. The summed E-state index contributed by atoms with van der Waals surface area (Å²) in [5, 5.41) is 5.56. The second-order valence-electron chi connectivity index (χ2n) is 12.0. The lowest BCUT2D eigenvalue weighted by Gasteiger charge is -2.34. The van der Waals surface area contributed by atoms with Crippen molar-refractivity contribution in [1.82, 2.24) is 20.4 Å². The Balaban J connectivity index is 0.000000254. The number of hydrogen-bond donors (Lipinski definition) is 3. The lowest BCUT2D eigenvalue weighted by Crippen LogP contribution is -2.55. The van der Waals surface area contributed by atoms with Gasteiger partial charge in [-0.15, -0.1) is 0 Å². The van der Waals surface area contributed by atoms with Crippen molar-refractivity contribution >= 4 is 29.2 Å². The monoisotopic (exact) mass is 670 g/mol. The Kier molecular flexibility index (Phi) is 12.9. The number of aliphatic imine (C=N–C) groups is 1. The van der Waals surface area contributed by atoms with E-state index in [-0.39, 0.29) is 29.4 Å². The maximum absolute atomic E-state index is 13.6. The number of nitrogens with one attached hydrogen (secondary N) is 2. The van der Waals surface area contributed by atoms with Gasteiger partial charge in [0.05, 0.1) is 5.69 Å². The van der Waals surface area contributed by atoms with Gasteiger partial charge in [-0.05, 0) is 62.7 Å². The first-order valence-corrected chi connectivity index (χ1v) is 16.4. The van der Waals surface area contributed by atoms with Crippen molar-refractivity contribution in [2.24, 2.45) is 10.7 Å². The molecule has 0 aliphatic carbocycles. The molecule has 2 heterocycles. The SMILES string of the molecule is C=C(CN1CCCC1)C(=O)NCc1ccccc1.CCN1C(=O)C(NC(=O)c2cccc(C(C)(F)F)c2)C/C(=C/N)C1=Nc1ccccc1. The number of benzene rings is 3. The summed E-state index contributed by atoms with van der Waals surface area (Å²) < 4.78 is 27.2. The highest BCUT2D eigenvalue weighted by molar-refractivity contribution is 6.13. The average molecular weight is 671 g/mol. The molecule has 2 saturated heterocycles. The standard InChI is InChI=1S/C23H24F2N4O2.C15H20N2O/c1-3-29-20(27-18-10-5-4-6-11-18)16(14-26)13-19(22(29)31)28-21(30)15-8-7-9-17(12-15)23(2,24)25;1-13(12-17-9-5-6-10-17)15(18)16-11-14-7-3-2-4-8-14/h4-12,14,19H,3,13,26H2,1-2H3,(H,28,30);2-4,7-8H,1,5-6,9-12H2,(H,16,18)/b16-14-,27-20?;. The molecule has 2 fully saturated rings. The van der Waals surface area contributed by atoms with E-state index in [0.29, 0.717) is 42.3 Å². The van der Waals surface area contributed by atoms with E-state index in [0.717, 1.165) is 31.6 Å². The Morgan fingerprint density at radius 3 is 2.29 bits per heavy atom. The molecule has 0 saturated carbocycles. The van der Waals surface area contributed by atoms with Gasteiger partial charge in [-0.25, -0.2) is 13.8 Å². The van der Waals surface area contributed by atoms with Crippen molar-refractivity contribution < 1.29 is 23.2 Å². The topological polar surface area (TPSA) is 120 Å². The maximum Gasteiger partial charge on any atom is 0.270 e. The number of para-hydroxylation sites is 1. The molecule has 1 unspecified atom stereocenters. The van der Waals surface area contributed by atoms with Crippen LogP contribution in [0.3, 0.4) is 0 Å². The number of likely N-dealkylation sites (N-methyl/N-ethyl adjacent to an activating group) is 1. The van der Waals surface area contributed by atoms with Crippen molar-refractivity contribution in [3.63, 3.8) is 0 Å². The smallest absolute Gasteiger partial charge is 0.270 e. The van der Waals surface area contributed by atoms with Gasteiger partial charge in [-0.1, -0.05) is 67.2 Å². The molecule has 11 heteroatoms. The van der Waals surface area contributed by atoms with E-state index in [1.54, 1.807) is 6.92 Å². The Morgan fingerprint density at radius 2 is 1.67 bits per heavy atom. The number of nitrogens with two attached hydrogens (primary N) is 1. The van der Waals surface area contributed by atoms with Crippen LogP contribution in [0.15, 0.2) is 114 Å². The highest BCUT2D eigenvalue weighted by atomic mass is 19.3. The summed E-state index contributed by atoms with van der Waals surface area (Å²) in [6.45, 7) is 10.2. The minimum Gasteiger partial charge on any atom is -0.404 e. The largest absolute Gasteiger partial charge is 0.404 e. The number of piperidine rings is 1. The molecule has 3 amide bonds. The average Bonchev–Trinajstić information content (AvgIpc) is 3.62. The van der Waals surface area contributed by atoms with Gasteiger partial charge in [0.15, 0.2) is 0 Å². The first-order valence-electron chi connectivity index (χ1n) is 16.4. The number of amides is 3. The predicted octanol–water partition coefficient (Wildman–Crippen LogP) is 5.68. The molecule has 0 spiro atoms. The van der Waals surface area contributed by atoms with Crippen LogP contribution in [0.25, 0.3) is 0 Å². The van der Waals surface area contributed by atoms with Crippen molar-refractivity contribution in [2.45, 2.75) is 51.6 Å². The number of alkyl halides is 2. The summed E-state index contributed by atoms with van der Waals surface area (Å²) in [4.78, 5) is 45.9. The van der Waals surface area contributed by atoms with Crippen LogP contribution in [0.2, 0.25) is 0 Å². The van der Waals surface area contributed by atoms with Crippen LogP contribution in [-0.2, 0) is 22.1 Å². The van der Waals surface area contributed by atoms with Gasteiger partial charge in [0.2, 0.25) is 5.91 Å². The van der Waals surface area contributed by atoms with Crippen molar-refractivity contribution in [1.29, 1.82) is 0 Å². The lowest BCUT2D eigenvalue weighted by molar-refractivity contribution is -0.129. The number of hydrogen-bond acceptors (Lipinski definition) is 6. The minimum absolute atomic E-state index is 0.0363. The van der Waals surface area contributed by atoms with E-state index in [2.05, 4.69) is 27.1 Å². The molecule has 49 heavy (non-hydrogen) atoms. The normalized spacial score (nSPS) is 18.2. The Morgan fingerprint density at radius 1 is 1.02 bits per heavy atom. The molecular formula is C38H44F2N6O3. The highest BCUT2D eigenvalue weighted by Gasteiger charge is 2.36. The fourth-order valence-corrected chi connectivity index (χ4v) is 5.54. The molecule has 1 atom stereocenters. The fourth-order valence-electron chi connectivity index (χ4n) is 5.54. The van der Waals surface area contributed by atoms with Gasteiger partial charge in [0.25, 0.3) is 17.7 Å². The molecule has 2 aliphatic rings. The van der Waals surface area contributed by atoms with Gasteiger partial charge in [-0.3, -0.25) is 24.2 Å². The van der Waals surface area contributed by atoms with Crippen LogP contribution >= 0.6 is 0 Å². The first kappa shape index (κ1) is 36.7.